The SMILES string of the molecule is Nc1c(-c2ncc[nH]2)ncn1[C@@H]1O[C@H](CO)[C@@H](O)[C@H]1O. The van der Waals surface area contributed by atoms with E-state index in [1.54, 1.807) is 12.4 Å². The molecule has 0 aliphatic carbocycles. The van der Waals surface area contributed by atoms with Crippen LogP contribution in [0, 0.1) is 0 Å². The molecule has 1 aliphatic rings. The molecule has 6 N–H and O–H groups in total. The van der Waals surface area contributed by atoms with Crippen molar-refractivity contribution in [2.24, 2.45) is 0 Å². The standard InChI is InChI=1S/C11H15N5O4/c12-9-6(10-13-1-2-14-10)15-4-16(9)11-8(19)7(18)5(3-17)20-11/h1-2,4-5,7-8,11,17-19H,3,12H2,(H,13,14)/t5-,7-,8-,11-/m1/s1. The number of hydrogen-bond acceptors (Lipinski definition) is 7. The molecule has 3 heterocycles. The minimum absolute atomic E-state index is 0.245. The summed E-state index contributed by atoms with van der Waals surface area (Å²) in [5, 5.41) is 28.8. The first kappa shape index (κ1) is 13.1. The number of aliphatic hydroxyl groups is 3. The van der Waals surface area contributed by atoms with E-state index < -0.39 is 31.1 Å². The van der Waals surface area contributed by atoms with E-state index in [0.29, 0.717) is 11.5 Å². The number of aromatic amines is 1. The molecule has 9 heteroatoms. The largest absolute Gasteiger partial charge is 0.394 e. The number of aliphatic hydroxyl groups excluding tert-OH is 3. The molecule has 108 valence electrons. The van der Waals surface area contributed by atoms with Gasteiger partial charge in [-0.1, -0.05) is 0 Å². The van der Waals surface area contributed by atoms with Gasteiger partial charge in [-0.15, -0.1) is 0 Å². The van der Waals surface area contributed by atoms with Crippen LogP contribution in [0.2, 0.25) is 0 Å². The molecule has 0 radical (unpaired) electrons. The molecule has 20 heavy (non-hydrogen) atoms. The number of imidazole rings is 2. The zero-order valence-electron chi connectivity index (χ0n) is 10.4. The Balaban J connectivity index is 1.92. The molecule has 1 saturated heterocycles. The van der Waals surface area contributed by atoms with E-state index >= 15 is 0 Å². The molecule has 4 atom stereocenters. The van der Waals surface area contributed by atoms with Gasteiger partial charge in [0.15, 0.2) is 12.1 Å². The van der Waals surface area contributed by atoms with Crippen LogP contribution in [0.4, 0.5) is 5.82 Å². The molecular weight excluding hydrogens is 266 g/mol. The molecule has 1 aliphatic heterocycles. The normalized spacial score (nSPS) is 29.9. The van der Waals surface area contributed by atoms with Crippen molar-refractivity contribution in [3.8, 4) is 11.5 Å². The fourth-order valence-electron chi connectivity index (χ4n) is 2.26. The Kier molecular flexibility index (Phi) is 3.18. The molecule has 1 fully saturated rings. The van der Waals surface area contributed by atoms with Gasteiger partial charge in [-0.3, -0.25) is 4.57 Å². The van der Waals surface area contributed by atoms with Crippen molar-refractivity contribution in [2.75, 3.05) is 12.3 Å². The van der Waals surface area contributed by atoms with Crippen LogP contribution in [0.15, 0.2) is 18.7 Å². The fraction of sp³-hybridized carbons (Fsp3) is 0.455. The lowest BCUT2D eigenvalue weighted by Crippen LogP contribution is -2.33. The highest BCUT2D eigenvalue weighted by molar-refractivity contribution is 5.64. The van der Waals surface area contributed by atoms with Gasteiger partial charge < -0.3 is 30.8 Å². The number of anilines is 1. The monoisotopic (exact) mass is 281 g/mol. The van der Waals surface area contributed by atoms with Gasteiger partial charge >= 0.3 is 0 Å². The van der Waals surface area contributed by atoms with Crippen LogP contribution in [-0.2, 0) is 4.74 Å². The van der Waals surface area contributed by atoms with Gasteiger partial charge in [0.1, 0.15) is 29.8 Å². The van der Waals surface area contributed by atoms with Crippen LogP contribution in [0.3, 0.4) is 0 Å². The number of nitrogens with zero attached hydrogens (tertiary/aromatic N) is 3. The van der Waals surface area contributed by atoms with Crippen molar-refractivity contribution in [1.82, 2.24) is 19.5 Å². The van der Waals surface area contributed by atoms with Gasteiger partial charge in [0.25, 0.3) is 0 Å². The summed E-state index contributed by atoms with van der Waals surface area (Å²) >= 11 is 0. The lowest BCUT2D eigenvalue weighted by molar-refractivity contribution is -0.0517. The van der Waals surface area contributed by atoms with E-state index in [1.807, 2.05) is 0 Å². The Bertz CT molecular complexity index is 584. The van der Waals surface area contributed by atoms with Crippen LogP contribution in [0.1, 0.15) is 6.23 Å². The van der Waals surface area contributed by atoms with Crippen molar-refractivity contribution in [2.45, 2.75) is 24.5 Å². The second-order valence-corrected chi connectivity index (χ2v) is 4.55. The molecule has 0 unspecified atom stereocenters. The minimum Gasteiger partial charge on any atom is -0.394 e. The van der Waals surface area contributed by atoms with Gasteiger partial charge in [-0.25, -0.2) is 9.97 Å². The summed E-state index contributed by atoms with van der Waals surface area (Å²) in [6, 6.07) is 0. The number of nitrogen functional groups attached to an aromatic ring is 1. The highest BCUT2D eigenvalue weighted by atomic mass is 16.6. The zero-order chi connectivity index (χ0) is 14.3. The Morgan fingerprint density at radius 3 is 2.75 bits per heavy atom. The molecule has 0 spiro atoms. The molecule has 0 aromatic carbocycles. The Morgan fingerprint density at radius 2 is 2.15 bits per heavy atom. The quantitative estimate of drug-likeness (QED) is 0.459. The van der Waals surface area contributed by atoms with Crippen molar-refractivity contribution >= 4 is 5.82 Å². The van der Waals surface area contributed by atoms with Gasteiger partial charge in [0.05, 0.1) is 12.9 Å². The lowest BCUT2D eigenvalue weighted by atomic mass is 10.1. The molecule has 0 bridgehead atoms. The van der Waals surface area contributed by atoms with Gasteiger partial charge in [0, 0.05) is 12.4 Å². The maximum Gasteiger partial charge on any atom is 0.165 e. The van der Waals surface area contributed by atoms with E-state index in [4.69, 9.17) is 15.6 Å². The maximum atomic E-state index is 9.96. The number of nitrogens with one attached hydrogen (secondary N) is 1. The number of H-pyrrole nitrogens is 1. The summed E-state index contributed by atoms with van der Waals surface area (Å²) in [5.41, 5.74) is 6.40. The summed E-state index contributed by atoms with van der Waals surface area (Å²) < 4.78 is 6.80. The molecule has 0 amide bonds. The summed E-state index contributed by atoms with van der Waals surface area (Å²) in [4.78, 5) is 11.0. The molecule has 2 aromatic rings. The Morgan fingerprint density at radius 1 is 1.35 bits per heavy atom. The molecule has 2 aromatic heterocycles. The number of rotatable bonds is 3. The number of nitrogens with two attached hydrogens (primary N) is 1. The van der Waals surface area contributed by atoms with Gasteiger partial charge in [-0.2, -0.15) is 0 Å². The smallest absolute Gasteiger partial charge is 0.165 e. The van der Waals surface area contributed by atoms with Crippen LogP contribution in [-0.4, -0.2) is 59.8 Å². The first-order chi connectivity index (χ1) is 9.63. The summed E-state index contributed by atoms with van der Waals surface area (Å²) in [5.74, 6) is 0.739. The maximum absolute atomic E-state index is 9.96. The van der Waals surface area contributed by atoms with Crippen LogP contribution in [0.25, 0.3) is 11.5 Å². The Hall–Kier alpha value is -1.94. The summed E-state index contributed by atoms with van der Waals surface area (Å²) in [6.45, 7) is -0.394. The fourth-order valence-corrected chi connectivity index (χ4v) is 2.26. The number of hydrogen-bond donors (Lipinski definition) is 5. The van der Waals surface area contributed by atoms with Crippen LogP contribution >= 0.6 is 0 Å². The summed E-state index contributed by atoms with van der Waals surface area (Å²) in [7, 11) is 0. The van der Waals surface area contributed by atoms with Crippen molar-refractivity contribution < 1.29 is 20.1 Å². The highest BCUT2D eigenvalue weighted by Gasteiger charge is 2.44. The van der Waals surface area contributed by atoms with Gasteiger partial charge in [-0.05, 0) is 0 Å². The lowest BCUT2D eigenvalue weighted by Gasteiger charge is -2.17. The average Bonchev–Trinajstić information content (AvgIpc) is 3.13. The zero-order valence-corrected chi connectivity index (χ0v) is 10.4. The van der Waals surface area contributed by atoms with E-state index in [0.717, 1.165) is 0 Å². The minimum atomic E-state index is -1.20. The summed E-state index contributed by atoms with van der Waals surface area (Å²) in [6.07, 6.45) is 0.461. The van der Waals surface area contributed by atoms with E-state index in [9.17, 15) is 10.2 Å². The Labute approximate surface area is 113 Å². The van der Waals surface area contributed by atoms with Crippen molar-refractivity contribution in [3.05, 3.63) is 18.7 Å². The van der Waals surface area contributed by atoms with E-state index in [1.165, 1.54) is 10.9 Å². The van der Waals surface area contributed by atoms with E-state index in [2.05, 4.69) is 15.0 Å². The first-order valence-corrected chi connectivity index (χ1v) is 6.08. The topological polar surface area (TPSA) is 142 Å². The third kappa shape index (κ3) is 1.88. The van der Waals surface area contributed by atoms with Crippen LogP contribution in [0.5, 0.6) is 0 Å². The second kappa shape index (κ2) is 4.87. The van der Waals surface area contributed by atoms with Gasteiger partial charge in [0.2, 0.25) is 0 Å². The van der Waals surface area contributed by atoms with Crippen molar-refractivity contribution in [3.63, 3.8) is 0 Å². The average molecular weight is 281 g/mol. The third-order valence-corrected chi connectivity index (χ3v) is 3.35. The third-order valence-electron chi connectivity index (χ3n) is 3.35. The molecule has 0 saturated carbocycles. The number of ether oxygens (including phenoxy) is 1. The predicted molar refractivity (Wildman–Crippen MR) is 67.2 cm³/mol. The first-order valence-electron chi connectivity index (χ1n) is 6.08. The highest BCUT2D eigenvalue weighted by Crippen LogP contribution is 2.33. The molecule has 9 nitrogen and oxygen atoms in total. The van der Waals surface area contributed by atoms with E-state index in [-0.39, 0.29) is 5.82 Å². The second-order valence-electron chi connectivity index (χ2n) is 4.55. The molecular formula is C11H15N5O4. The van der Waals surface area contributed by atoms with Crippen LogP contribution < -0.4 is 5.73 Å². The predicted octanol–water partition coefficient (Wildman–Crippen LogP) is -1.53. The van der Waals surface area contributed by atoms with Crippen molar-refractivity contribution in [1.29, 1.82) is 0 Å². The molecule has 3 rings (SSSR count). The number of aromatic nitrogens is 4.